The smallest absolute Gasteiger partial charge is 0.224 e. The summed E-state index contributed by atoms with van der Waals surface area (Å²) < 4.78 is 19.7. The lowest BCUT2D eigenvalue weighted by atomic mass is 9.81. The molecule has 0 unspecified atom stereocenters. The van der Waals surface area contributed by atoms with Crippen LogP contribution in [0.4, 0.5) is 10.1 Å². The van der Waals surface area contributed by atoms with Gasteiger partial charge in [0.25, 0.3) is 0 Å². The highest BCUT2D eigenvalue weighted by Crippen LogP contribution is 2.44. The second-order valence-electron chi connectivity index (χ2n) is 8.53. The summed E-state index contributed by atoms with van der Waals surface area (Å²) in [7, 11) is 0. The minimum absolute atomic E-state index is 0.0432. The van der Waals surface area contributed by atoms with Crippen molar-refractivity contribution in [1.29, 1.82) is 0 Å². The van der Waals surface area contributed by atoms with E-state index in [1.807, 2.05) is 12.1 Å². The zero-order valence-corrected chi connectivity index (χ0v) is 17.7. The summed E-state index contributed by atoms with van der Waals surface area (Å²) in [6, 6.07) is 11.6. The van der Waals surface area contributed by atoms with Gasteiger partial charge >= 0.3 is 0 Å². The maximum atomic E-state index is 13.5. The van der Waals surface area contributed by atoms with Crippen molar-refractivity contribution in [2.45, 2.75) is 50.4 Å². The molecule has 1 amide bonds. The molecule has 2 aliphatic heterocycles. The SMILES string of the molecule is CCC(=O)Nc1ccc([C@H](O)CN2CCC3(CC2)C[C@H](O)c2cc(F)ccc2O3)cc1. The van der Waals surface area contributed by atoms with Crippen molar-refractivity contribution in [2.24, 2.45) is 0 Å². The lowest BCUT2D eigenvalue weighted by Crippen LogP contribution is -2.51. The number of benzene rings is 2. The molecule has 0 aromatic heterocycles. The normalized spacial score (nSPS) is 21.2. The van der Waals surface area contributed by atoms with Crippen LogP contribution in [0.3, 0.4) is 0 Å². The number of anilines is 1. The zero-order valence-electron chi connectivity index (χ0n) is 17.7. The van der Waals surface area contributed by atoms with Gasteiger partial charge in [0.2, 0.25) is 5.91 Å². The molecule has 0 bridgehead atoms. The first-order chi connectivity index (χ1) is 14.9. The molecule has 1 saturated heterocycles. The number of aliphatic hydroxyl groups is 2. The molecule has 7 heteroatoms. The molecule has 3 N–H and O–H groups in total. The Kier molecular flexibility index (Phi) is 6.27. The molecule has 2 heterocycles. The fourth-order valence-electron chi connectivity index (χ4n) is 4.45. The fraction of sp³-hybridized carbons (Fsp3) is 0.458. The molecular weight excluding hydrogens is 399 g/mol. The van der Waals surface area contributed by atoms with E-state index in [0.29, 0.717) is 30.7 Å². The van der Waals surface area contributed by atoms with E-state index in [1.165, 1.54) is 12.1 Å². The summed E-state index contributed by atoms with van der Waals surface area (Å²) >= 11 is 0. The quantitative estimate of drug-likeness (QED) is 0.679. The van der Waals surface area contributed by atoms with Gasteiger partial charge in [0.05, 0.1) is 12.2 Å². The zero-order chi connectivity index (χ0) is 22.0. The lowest BCUT2D eigenvalue weighted by Gasteiger charge is -2.46. The number of carbonyl (C=O) groups is 1. The first-order valence-corrected chi connectivity index (χ1v) is 10.8. The number of piperidine rings is 1. The molecule has 2 atom stereocenters. The number of nitrogens with one attached hydrogen (secondary N) is 1. The van der Waals surface area contributed by atoms with Gasteiger partial charge in [-0.05, 0) is 48.7 Å². The van der Waals surface area contributed by atoms with Crippen molar-refractivity contribution in [2.75, 3.05) is 25.0 Å². The van der Waals surface area contributed by atoms with E-state index in [2.05, 4.69) is 10.2 Å². The number of halogens is 1. The maximum absolute atomic E-state index is 13.5. The molecule has 4 rings (SSSR count). The number of ether oxygens (including phenoxy) is 1. The van der Waals surface area contributed by atoms with Crippen molar-refractivity contribution >= 4 is 11.6 Å². The monoisotopic (exact) mass is 428 g/mol. The number of hydrogen-bond acceptors (Lipinski definition) is 5. The van der Waals surface area contributed by atoms with Gasteiger partial charge in [-0.2, -0.15) is 0 Å². The topological polar surface area (TPSA) is 82.0 Å². The van der Waals surface area contributed by atoms with Crippen LogP contribution in [-0.2, 0) is 4.79 Å². The molecule has 2 aliphatic rings. The number of likely N-dealkylation sites (tertiary alicyclic amines) is 1. The van der Waals surface area contributed by atoms with E-state index in [9.17, 15) is 19.4 Å². The summed E-state index contributed by atoms with van der Waals surface area (Å²) in [4.78, 5) is 13.7. The molecule has 1 fully saturated rings. The number of β-amino-alcohol motifs (C(OH)–C–C–N with tert-alkyl or cyclic N) is 1. The van der Waals surface area contributed by atoms with Crippen molar-refractivity contribution in [3.8, 4) is 5.75 Å². The van der Waals surface area contributed by atoms with Crippen LogP contribution in [0.1, 0.15) is 55.9 Å². The second-order valence-corrected chi connectivity index (χ2v) is 8.53. The summed E-state index contributed by atoms with van der Waals surface area (Å²) in [6.45, 7) is 3.78. The van der Waals surface area contributed by atoms with Gasteiger partial charge in [-0.3, -0.25) is 4.79 Å². The van der Waals surface area contributed by atoms with E-state index in [0.717, 1.165) is 37.2 Å². The van der Waals surface area contributed by atoms with E-state index in [-0.39, 0.29) is 11.7 Å². The Morgan fingerprint density at radius 3 is 2.65 bits per heavy atom. The molecule has 0 saturated carbocycles. The van der Waals surface area contributed by atoms with Crippen molar-refractivity contribution in [3.05, 3.63) is 59.4 Å². The number of carbonyl (C=O) groups excluding carboxylic acids is 1. The molecule has 166 valence electrons. The van der Waals surface area contributed by atoms with Gasteiger partial charge in [-0.25, -0.2) is 4.39 Å². The molecule has 31 heavy (non-hydrogen) atoms. The van der Waals surface area contributed by atoms with Gasteiger partial charge in [-0.1, -0.05) is 19.1 Å². The standard InChI is InChI=1S/C24H29FN2O4/c1-2-23(30)26-18-6-3-16(4-7-18)21(29)15-27-11-9-24(10-12-27)14-20(28)19-13-17(25)5-8-22(19)31-24/h3-8,13,20-21,28-29H,2,9-12,14-15H2,1H3,(H,26,30)/t20-,21+/m0/s1. The van der Waals surface area contributed by atoms with Gasteiger partial charge < -0.3 is 25.2 Å². The molecule has 0 aliphatic carbocycles. The third kappa shape index (κ3) is 4.89. The Labute approximate surface area is 181 Å². The molecule has 6 nitrogen and oxygen atoms in total. The predicted octanol–water partition coefficient (Wildman–Crippen LogP) is 3.56. The number of fused-ring (bicyclic) bond motifs is 1. The second kappa shape index (κ2) is 8.94. The van der Waals surface area contributed by atoms with Crippen LogP contribution in [0.2, 0.25) is 0 Å². The van der Waals surface area contributed by atoms with Crippen LogP contribution in [-0.4, -0.2) is 46.3 Å². The van der Waals surface area contributed by atoms with E-state index in [1.54, 1.807) is 25.1 Å². The minimum atomic E-state index is -0.733. The highest BCUT2D eigenvalue weighted by atomic mass is 19.1. The van der Waals surface area contributed by atoms with E-state index >= 15 is 0 Å². The van der Waals surface area contributed by atoms with Gasteiger partial charge in [-0.15, -0.1) is 0 Å². The summed E-state index contributed by atoms with van der Waals surface area (Å²) in [6.07, 6.45) is 0.967. The van der Waals surface area contributed by atoms with Crippen molar-refractivity contribution in [1.82, 2.24) is 4.90 Å². The fourth-order valence-corrected chi connectivity index (χ4v) is 4.45. The van der Waals surface area contributed by atoms with Crippen LogP contribution in [0.5, 0.6) is 5.75 Å². The summed E-state index contributed by atoms with van der Waals surface area (Å²) in [5.41, 5.74) is 1.58. The van der Waals surface area contributed by atoms with Gasteiger partial charge in [0.15, 0.2) is 0 Å². The number of hydrogen-bond donors (Lipinski definition) is 3. The number of amides is 1. The van der Waals surface area contributed by atoms with Crippen LogP contribution < -0.4 is 10.1 Å². The highest BCUT2D eigenvalue weighted by molar-refractivity contribution is 5.90. The molecule has 2 aromatic carbocycles. The highest BCUT2D eigenvalue weighted by Gasteiger charge is 2.43. The Balaban J connectivity index is 1.33. The first kappa shape index (κ1) is 21.7. The van der Waals surface area contributed by atoms with Crippen LogP contribution in [0.25, 0.3) is 0 Å². The largest absolute Gasteiger partial charge is 0.487 e. The summed E-state index contributed by atoms with van der Waals surface area (Å²) in [5.74, 6) is 0.143. The van der Waals surface area contributed by atoms with Gasteiger partial charge in [0, 0.05) is 43.7 Å². The minimum Gasteiger partial charge on any atom is -0.487 e. The predicted molar refractivity (Wildman–Crippen MR) is 115 cm³/mol. The average Bonchev–Trinajstić information content (AvgIpc) is 2.76. The maximum Gasteiger partial charge on any atom is 0.224 e. The number of rotatable bonds is 5. The van der Waals surface area contributed by atoms with E-state index < -0.39 is 17.8 Å². The van der Waals surface area contributed by atoms with Crippen LogP contribution in [0.15, 0.2) is 42.5 Å². The Morgan fingerprint density at radius 2 is 1.97 bits per heavy atom. The van der Waals surface area contributed by atoms with Crippen LogP contribution >= 0.6 is 0 Å². The van der Waals surface area contributed by atoms with Crippen LogP contribution in [0, 0.1) is 5.82 Å². The number of nitrogens with zero attached hydrogens (tertiary/aromatic N) is 1. The van der Waals surface area contributed by atoms with Crippen molar-refractivity contribution < 1.29 is 24.1 Å². The third-order valence-corrected chi connectivity index (χ3v) is 6.32. The van der Waals surface area contributed by atoms with Gasteiger partial charge in [0.1, 0.15) is 17.2 Å². The molecule has 2 aromatic rings. The average molecular weight is 429 g/mol. The molecule has 1 spiro atoms. The van der Waals surface area contributed by atoms with Crippen molar-refractivity contribution in [3.63, 3.8) is 0 Å². The first-order valence-electron chi connectivity index (χ1n) is 10.8. The number of aliphatic hydroxyl groups excluding tert-OH is 2. The Morgan fingerprint density at radius 1 is 1.26 bits per heavy atom. The van der Waals surface area contributed by atoms with E-state index in [4.69, 9.17) is 4.74 Å². The molecular formula is C24H29FN2O4. The lowest BCUT2D eigenvalue weighted by molar-refractivity contribution is -0.115. The molecule has 0 radical (unpaired) electrons. The summed E-state index contributed by atoms with van der Waals surface area (Å²) in [5, 5.41) is 24.0. The Hall–Kier alpha value is -2.48. The third-order valence-electron chi connectivity index (χ3n) is 6.32. The Bertz CT molecular complexity index is 926.